The van der Waals surface area contributed by atoms with E-state index in [-0.39, 0.29) is 5.69 Å². The molecule has 0 saturated carbocycles. The summed E-state index contributed by atoms with van der Waals surface area (Å²) in [6, 6.07) is 3.25. The number of nitrogens with zero attached hydrogens (tertiary/aromatic N) is 1. The highest BCUT2D eigenvalue weighted by Crippen LogP contribution is 1.89. The van der Waals surface area contributed by atoms with Crippen molar-refractivity contribution in [3.8, 4) is 0 Å². The van der Waals surface area contributed by atoms with Crippen molar-refractivity contribution < 1.29 is 9.90 Å². The maximum atomic E-state index is 10.8. The summed E-state index contributed by atoms with van der Waals surface area (Å²) in [5, 5.41) is 10.5. The molecule has 0 fully saturated rings. The van der Waals surface area contributed by atoms with Crippen LogP contribution in [-0.4, -0.2) is 16.1 Å². The Morgan fingerprint density at radius 2 is 2.31 bits per heavy atom. The highest BCUT2D eigenvalue weighted by molar-refractivity contribution is 5.85. The number of rotatable bonds is 4. The van der Waals surface area contributed by atoms with E-state index in [1.54, 1.807) is 12.1 Å². The van der Waals surface area contributed by atoms with Gasteiger partial charge >= 0.3 is 5.97 Å². The van der Waals surface area contributed by atoms with Gasteiger partial charge in [-0.05, 0) is 17.7 Å². The quantitative estimate of drug-likeness (QED) is 0.827. The fourth-order valence-corrected chi connectivity index (χ4v) is 1.32. The standard InChI is InChI=1S/C13H15NO2/c1-3-5-7-11-10(6-4-2)8-9-12(14-11)13(15)16/h4,6-9H,2-3,5H2,1H3,(H,15,16)/b10-6-,11-7+. The molecule has 0 aromatic carbocycles. The molecule has 0 saturated heterocycles. The lowest BCUT2D eigenvalue weighted by Crippen LogP contribution is -2.29. The summed E-state index contributed by atoms with van der Waals surface area (Å²) >= 11 is 0. The first-order valence-corrected chi connectivity index (χ1v) is 5.22. The molecule has 16 heavy (non-hydrogen) atoms. The van der Waals surface area contributed by atoms with Crippen LogP contribution in [-0.2, 0) is 0 Å². The van der Waals surface area contributed by atoms with Crippen molar-refractivity contribution in [1.82, 2.24) is 4.98 Å². The van der Waals surface area contributed by atoms with E-state index in [1.807, 2.05) is 12.2 Å². The van der Waals surface area contributed by atoms with Gasteiger partial charge in [-0.25, -0.2) is 9.78 Å². The predicted molar refractivity (Wildman–Crippen MR) is 64.5 cm³/mol. The van der Waals surface area contributed by atoms with E-state index < -0.39 is 5.97 Å². The predicted octanol–water partition coefficient (Wildman–Crippen LogP) is 1.33. The Morgan fingerprint density at radius 1 is 1.56 bits per heavy atom. The third-order valence-electron chi connectivity index (χ3n) is 2.10. The van der Waals surface area contributed by atoms with Gasteiger partial charge in [-0.15, -0.1) is 0 Å². The van der Waals surface area contributed by atoms with Crippen LogP contribution in [0, 0.1) is 0 Å². The van der Waals surface area contributed by atoms with Gasteiger partial charge in [0.15, 0.2) is 0 Å². The van der Waals surface area contributed by atoms with Gasteiger partial charge in [-0.2, -0.15) is 0 Å². The monoisotopic (exact) mass is 217 g/mol. The summed E-state index contributed by atoms with van der Waals surface area (Å²) < 4.78 is 0. The maximum Gasteiger partial charge on any atom is 0.354 e. The molecular weight excluding hydrogens is 202 g/mol. The van der Waals surface area contributed by atoms with Crippen molar-refractivity contribution in [2.45, 2.75) is 19.8 Å². The van der Waals surface area contributed by atoms with Crippen LogP contribution in [0.5, 0.6) is 0 Å². The molecule has 0 aliphatic heterocycles. The van der Waals surface area contributed by atoms with Gasteiger partial charge in [0.1, 0.15) is 5.69 Å². The molecule has 0 spiro atoms. The minimum absolute atomic E-state index is 0.0727. The molecule has 3 nitrogen and oxygen atoms in total. The Labute approximate surface area is 94.5 Å². The second-order valence-electron chi connectivity index (χ2n) is 3.37. The molecule has 0 unspecified atom stereocenters. The number of pyridine rings is 1. The molecule has 0 aliphatic rings. The summed E-state index contributed by atoms with van der Waals surface area (Å²) in [5.74, 6) is -1.00. The van der Waals surface area contributed by atoms with Gasteiger partial charge in [-0.1, -0.05) is 44.2 Å². The van der Waals surface area contributed by atoms with Crippen molar-refractivity contribution in [3.63, 3.8) is 0 Å². The van der Waals surface area contributed by atoms with E-state index >= 15 is 0 Å². The number of carboxylic acids is 1. The molecule has 1 heterocycles. The average molecular weight is 217 g/mol. The van der Waals surface area contributed by atoms with Crippen LogP contribution < -0.4 is 10.6 Å². The number of aromatic nitrogens is 1. The van der Waals surface area contributed by atoms with Gasteiger partial charge in [-0.3, -0.25) is 0 Å². The Hall–Kier alpha value is -1.90. The Kier molecular flexibility index (Phi) is 4.45. The number of carboxylic acid groups (broad SMARTS) is 1. The summed E-state index contributed by atoms with van der Waals surface area (Å²) in [5.41, 5.74) is 0.0727. The zero-order valence-electron chi connectivity index (χ0n) is 9.31. The van der Waals surface area contributed by atoms with Crippen LogP contribution in [0.2, 0.25) is 0 Å². The van der Waals surface area contributed by atoms with Crippen molar-refractivity contribution in [3.05, 3.63) is 41.0 Å². The van der Waals surface area contributed by atoms with Gasteiger partial charge in [0, 0.05) is 0 Å². The fourth-order valence-electron chi connectivity index (χ4n) is 1.32. The first-order valence-electron chi connectivity index (χ1n) is 5.22. The highest BCUT2D eigenvalue weighted by atomic mass is 16.4. The molecule has 1 aromatic heterocycles. The number of carbonyl (C=O) groups is 1. The minimum Gasteiger partial charge on any atom is -0.477 e. The van der Waals surface area contributed by atoms with E-state index in [4.69, 9.17) is 5.11 Å². The lowest BCUT2D eigenvalue weighted by atomic mass is 10.2. The number of hydrogen-bond donors (Lipinski definition) is 1. The second-order valence-corrected chi connectivity index (χ2v) is 3.37. The molecule has 0 aliphatic carbocycles. The molecular formula is C13H15NO2. The highest BCUT2D eigenvalue weighted by Gasteiger charge is 2.02. The first kappa shape index (κ1) is 12.2. The zero-order chi connectivity index (χ0) is 12.0. The minimum atomic E-state index is -1.00. The average Bonchev–Trinajstić information content (AvgIpc) is 2.27. The molecule has 0 bridgehead atoms. The van der Waals surface area contributed by atoms with Gasteiger partial charge in [0.25, 0.3) is 0 Å². The van der Waals surface area contributed by atoms with Crippen molar-refractivity contribution in [1.29, 1.82) is 0 Å². The lowest BCUT2D eigenvalue weighted by molar-refractivity contribution is 0.0690. The maximum absolute atomic E-state index is 10.8. The van der Waals surface area contributed by atoms with Gasteiger partial charge < -0.3 is 5.11 Å². The van der Waals surface area contributed by atoms with E-state index in [2.05, 4.69) is 18.5 Å². The second kappa shape index (κ2) is 5.85. The number of hydrogen-bond acceptors (Lipinski definition) is 2. The SMILES string of the molecule is C=C/C=c1/ccc(C(=O)O)n/c1=C/CCC. The van der Waals surface area contributed by atoms with Crippen molar-refractivity contribution >= 4 is 18.1 Å². The van der Waals surface area contributed by atoms with E-state index in [1.165, 1.54) is 6.07 Å². The smallest absolute Gasteiger partial charge is 0.354 e. The van der Waals surface area contributed by atoms with Crippen LogP contribution in [0.1, 0.15) is 30.3 Å². The Balaban J connectivity index is 3.38. The van der Waals surface area contributed by atoms with E-state index in [0.717, 1.165) is 18.1 Å². The van der Waals surface area contributed by atoms with Crippen molar-refractivity contribution in [2.75, 3.05) is 0 Å². The normalized spacial score (nSPS) is 12.8. The fraction of sp³-hybridized carbons (Fsp3) is 0.231. The largest absolute Gasteiger partial charge is 0.477 e. The third kappa shape index (κ3) is 3.05. The topological polar surface area (TPSA) is 50.2 Å². The third-order valence-corrected chi connectivity index (χ3v) is 2.10. The van der Waals surface area contributed by atoms with Crippen LogP contribution in [0.15, 0.2) is 24.8 Å². The Morgan fingerprint density at radius 3 is 2.88 bits per heavy atom. The molecule has 1 aromatic rings. The van der Waals surface area contributed by atoms with E-state index in [9.17, 15) is 4.79 Å². The molecule has 3 heteroatoms. The van der Waals surface area contributed by atoms with E-state index in [0.29, 0.717) is 5.35 Å². The molecule has 0 radical (unpaired) electrons. The zero-order valence-corrected chi connectivity index (χ0v) is 9.31. The van der Waals surface area contributed by atoms with Crippen molar-refractivity contribution in [2.24, 2.45) is 0 Å². The van der Waals surface area contributed by atoms with Crippen LogP contribution in [0.3, 0.4) is 0 Å². The van der Waals surface area contributed by atoms with Crippen LogP contribution in [0.25, 0.3) is 12.2 Å². The first-order chi connectivity index (χ1) is 7.69. The molecule has 1 N–H and O–H groups in total. The molecule has 84 valence electrons. The lowest BCUT2D eigenvalue weighted by Gasteiger charge is -1.95. The summed E-state index contributed by atoms with van der Waals surface area (Å²) in [6.45, 7) is 5.69. The number of aromatic carboxylic acids is 1. The summed E-state index contributed by atoms with van der Waals surface area (Å²) in [7, 11) is 0. The van der Waals surface area contributed by atoms with Crippen LogP contribution in [0.4, 0.5) is 0 Å². The molecule has 0 amide bonds. The van der Waals surface area contributed by atoms with Gasteiger partial charge in [0.2, 0.25) is 0 Å². The molecule has 0 atom stereocenters. The number of allylic oxidation sites excluding steroid dienone is 1. The molecule has 1 rings (SSSR count). The summed E-state index contributed by atoms with van der Waals surface area (Å²) in [4.78, 5) is 14.9. The van der Waals surface area contributed by atoms with Crippen LogP contribution >= 0.6 is 0 Å². The Bertz CT molecular complexity index is 503. The van der Waals surface area contributed by atoms with Gasteiger partial charge in [0.05, 0.1) is 5.35 Å². The number of unbranched alkanes of at least 4 members (excludes halogenated alkanes) is 1. The summed E-state index contributed by atoms with van der Waals surface area (Å²) in [6.07, 6.45) is 7.32.